The molecule has 1 saturated heterocycles. The molecular formula is C15H20N2O3. The molecule has 20 heavy (non-hydrogen) atoms. The minimum absolute atomic E-state index is 0.0920. The molecule has 2 aliphatic rings. The number of fused-ring (bicyclic) bond motifs is 1. The molecule has 0 aliphatic carbocycles. The van der Waals surface area contributed by atoms with E-state index in [4.69, 9.17) is 9.47 Å². The van der Waals surface area contributed by atoms with Crippen LogP contribution in [0.4, 0.5) is 5.69 Å². The Balaban J connectivity index is 1.86. The molecule has 1 fully saturated rings. The molecule has 2 aliphatic heterocycles. The van der Waals surface area contributed by atoms with Gasteiger partial charge in [0.2, 0.25) is 0 Å². The molecular weight excluding hydrogens is 256 g/mol. The third-order valence-electron chi connectivity index (χ3n) is 3.76. The van der Waals surface area contributed by atoms with Crippen molar-refractivity contribution in [2.24, 2.45) is 0 Å². The van der Waals surface area contributed by atoms with Crippen molar-refractivity contribution in [3.63, 3.8) is 0 Å². The van der Waals surface area contributed by atoms with Crippen molar-refractivity contribution < 1.29 is 14.3 Å². The average Bonchev–Trinajstić information content (AvgIpc) is 2.98. The standard InChI is InChI=1S/C15H20N2O3/c1-2-16-15(13-4-3-7-19-13)10-5-6-12-11(8-10)17-14(18)9-20-12/h5-6,8,13,15-16H,2-4,7,9H2,1H3,(H,17,18). The van der Waals surface area contributed by atoms with Crippen molar-refractivity contribution in [1.29, 1.82) is 0 Å². The summed E-state index contributed by atoms with van der Waals surface area (Å²) in [5.41, 5.74) is 1.88. The van der Waals surface area contributed by atoms with Gasteiger partial charge >= 0.3 is 0 Å². The van der Waals surface area contributed by atoms with E-state index in [1.165, 1.54) is 0 Å². The molecule has 0 bridgehead atoms. The summed E-state index contributed by atoms with van der Waals surface area (Å²) in [6.07, 6.45) is 2.38. The van der Waals surface area contributed by atoms with E-state index in [-0.39, 0.29) is 24.7 Å². The first-order valence-corrected chi connectivity index (χ1v) is 7.19. The van der Waals surface area contributed by atoms with E-state index in [0.717, 1.165) is 43.0 Å². The Morgan fingerprint density at radius 2 is 2.40 bits per heavy atom. The van der Waals surface area contributed by atoms with Gasteiger partial charge in [0.25, 0.3) is 5.91 Å². The number of hydrogen-bond acceptors (Lipinski definition) is 4. The van der Waals surface area contributed by atoms with Crippen LogP contribution in [-0.4, -0.2) is 31.8 Å². The molecule has 2 atom stereocenters. The molecule has 0 aromatic heterocycles. The van der Waals surface area contributed by atoms with Crippen LogP contribution in [0.2, 0.25) is 0 Å². The van der Waals surface area contributed by atoms with Crippen molar-refractivity contribution in [2.75, 3.05) is 25.1 Å². The number of nitrogens with one attached hydrogen (secondary N) is 2. The lowest BCUT2D eigenvalue weighted by Gasteiger charge is -2.26. The highest BCUT2D eigenvalue weighted by molar-refractivity contribution is 5.95. The Morgan fingerprint density at radius 1 is 1.50 bits per heavy atom. The monoisotopic (exact) mass is 276 g/mol. The van der Waals surface area contributed by atoms with E-state index in [0.29, 0.717) is 0 Å². The number of carbonyl (C=O) groups is 1. The van der Waals surface area contributed by atoms with Crippen molar-refractivity contribution in [1.82, 2.24) is 5.32 Å². The molecule has 5 nitrogen and oxygen atoms in total. The smallest absolute Gasteiger partial charge is 0.262 e. The molecule has 108 valence electrons. The number of ether oxygens (including phenoxy) is 2. The van der Waals surface area contributed by atoms with E-state index in [1.807, 2.05) is 18.2 Å². The van der Waals surface area contributed by atoms with Crippen LogP contribution >= 0.6 is 0 Å². The van der Waals surface area contributed by atoms with Crippen LogP contribution in [-0.2, 0) is 9.53 Å². The summed E-state index contributed by atoms with van der Waals surface area (Å²) in [5, 5.41) is 6.34. The number of amides is 1. The Bertz CT molecular complexity index is 498. The molecule has 0 saturated carbocycles. The number of anilines is 1. The topological polar surface area (TPSA) is 59.6 Å². The number of carbonyl (C=O) groups excluding carboxylic acids is 1. The zero-order valence-corrected chi connectivity index (χ0v) is 11.6. The van der Waals surface area contributed by atoms with Crippen LogP contribution in [0, 0.1) is 0 Å². The van der Waals surface area contributed by atoms with Crippen LogP contribution in [0.25, 0.3) is 0 Å². The van der Waals surface area contributed by atoms with Gasteiger partial charge in [0, 0.05) is 6.61 Å². The van der Waals surface area contributed by atoms with Crippen molar-refractivity contribution in [2.45, 2.75) is 31.9 Å². The lowest BCUT2D eigenvalue weighted by Crippen LogP contribution is -2.32. The lowest BCUT2D eigenvalue weighted by atomic mass is 9.98. The second-order valence-corrected chi connectivity index (χ2v) is 5.18. The summed E-state index contributed by atoms with van der Waals surface area (Å²) in [4.78, 5) is 11.4. The fourth-order valence-electron chi connectivity index (χ4n) is 2.84. The first-order chi connectivity index (χ1) is 9.78. The van der Waals surface area contributed by atoms with Crippen LogP contribution in [0.1, 0.15) is 31.4 Å². The summed E-state index contributed by atoms with van der Waals surface area (Å²) in [6, 6.07) is 6.11. The van der Waals surface area contributed by atoms with Crippen LogP contribution in [0.5, 0.6) is 5.75 Å². The maximum absolute atomic E-state index is 11.4. The van der Waals surface area contributed by atoms with Crippen LogP contribution < -0.4 is 15.4 Å². The highest BCUT2D eigenvalue weighted by Crippen LogP contribution is 2.33. The minimum atomic E-state index is -0.105. The normalized spacial score (nSPS) is 22.9. The third kappa shape index (κ3) is 2.64. The Morgan fingerprint density at radius 3 is 3.15 bits per heavy atom. The van der Waals surface area contributed by atoms with Gasteiger partial charge in [-0.05, 0) is 37.1 Å². The molecule has 1 aromatic carbocycles. The van der Waals surface area contributed by atoms with Gasteiger partial charge in [0.1, 0.15) is 5.75 Å². The van der Waals surface area contributed by atoms with Gasteiger partial charge in [-0.15, -0.1) is 0 Å². The molecule has 2 N–H and O–H groups in total. The summed E-state index contributed by atoms with van der Waals surface area (Å²) in [6.45, 7) is 3.89. The van der Waals surface area contributed by atoms with E-state index in [1.54, 1.807) is 0 Å². The maximum Gasteiger partial charge on any atom is 0.262 e. The van der Waals surface area contributed by atoms with E-state index in [9.17, 15) is 4.79 Å². The summed E-state index contributed by atoms with van der Waals surface area (Å²) >= 11 is 0. The predicted octanol–water partition coefficient (Wildman–Crippen LogP) is 1.85. The third-order valence-corrected chi connectivity index (χ3v) is 3.76. The van der Waals surface area contributed by atoms with Gasteiger partial charge in [-0.3, -0.25) is 4.79 Å². The summed E-state index contributed by atoms with van der Waals surface area (Å²) < 4.78 is 11.2. The molecule has 2 unspecified atom stereocenters. The number of rotatable bonds is 4. The van der Waals surface area contributed by atoms with Gasteiger partial charge in [0.15, 0.2) is 6.61 Å². The van der Waals surface area contributed by atoms with Gasteiger partial charge in [-0.1, -0.05) is 13.0 Å². The fraction of sp³-hybridized carbons (Fsp3) is 0.533. The van der Waals surface area contributed by atoms with Crippen molar-refractivity contribution in [3.05, 3.63) is 23.8 Å². The van der Waals surface area contributed by atoms with Gasteiger partial charge in [-0.25, -0.2) is 0 Å². The number of benzene rings is 1. The average molecular weight is 276 g/mol. The Labute approximate surface area is 118 Å². The minimum Gasteiger partial charge on any atom is -0.482 e. The quantitative estimate of drug-likeness (QED) is 0.881. The van der Waals surface area contributed by atoms with E-state index in [2.05, 4.69) is 17.6 Å². The number of hydrogen-bond donors (Lipinski definition) is 2. The SMILES string of the molecule is CCNC(c1ccc2c(c1)NC(=O)CO2)C1CCCO1. The molecule has 2 heterocycles. The number of likely N-dealkylation sites (N-methyl/N-ethyl adjacent to an activating group) is 1. The second-order valence-electron chi connectivity index (χ2n) is 5.18. The zero-order valence-electron chi connectivity index (χ0n) is 11.6. The Kier molecular flexibility index (Phi) is 3.89. The highest BCUT2D eigenvalue weighted by atomic mass is 16.5. The molecule has 3 rings (SSSR count). The summed E-state index contributed by atoms with van der Waals surface area (Å²) in [7, 11) is 0. The van der Waals surface area contributed by atoms with Gasteiger partial charge in [0.05, 0.1) is 17.8 Å². The molecule has 0 spiro atoms. The van der Waals surface area contributed by atoms with Gasteiger partial charge in [-0.2, -0.15) is 0 Å². The van der Waals surface area contributed by atoms with Crippen molar-refractivity contribution in [3.8, 4) is 5.75 Å². The lowest BCUT2D eigenvalue weighted by molar-refractivity contribution is -0.118. The second kappa shape index (κ2) is 5.81. The zero-order chi connectivity index (χ0) is 13.9. The maximum atomic E-state index is 11.4. The largest absolute Gasteiger partial charge is 0.482 e. The molecule has 1 aromatic rings. The first-order valence-electron chi connectivity index (χ1n) is 7.19. The fourth-order valence-corrected chi connectivity index (χ4v) is 2.84. The first kappa shape index (κ1) is 13.4. The predicted molar refractivity (Wildman–Crippen MR) is 76.0 cm³/mol. The van der Waals surface area contributed by atoms with E-state index < -0.39 is 0 Å². The summed E-state index contributed by atoms with van der Waals surface area (Å²) in [5.74, 6) is 0.628. The van der Waals surface area contributed by atoms with E-state index >= 15 is 0 Å². The molecule has 0 radical (unpaired) electrons. The van der Waals surface area contributed by atoms with Crippen LogP contribution in [0.15, 0.2) is 18.2 Å². The highest BCUT2D eigenvalue weighted by Gasteiger charge is 2.28. The van der Waals surface area contributed by atoms with Crippen LogP contribution in [0.3, 0.4) is 0 Å². The molecule has 1 amide bonds. The Hall–Kier alpha value is -1.59. The molecule has 5 heteroatoms. The van der Waals surface area contributed by atoms with Gasteiger partial charge < -0.3 is 20.1 Å². The van der Waals surface area contributed by atoms with Crippen molar-refractivity contribution >= 4 is 11.6 Å².